The molecule has 0 aromatic heterocycles. The first-order chi connectivity index (χ1) is 14.0. The maximum Gasteiger partial charge on any atom is 0.224 e. The third-order valence-electron chi connectivity index (χ3n) is 5.33. The van der Waals surface area contributed by atoms with E-state index in [4.69, 9.17) is 9.47 Å². The van der Waals surface area contributed by atoms with Crippen molar-refractivity contribution in [1.29, 1.82) is 0 Å². The molecule has 0 spiro atoms. The summed E-state index contributed by atoms with van der Waals surface area (Å²) in [7, 11) is 3.23. The van der Waals surface area contributed by atoms with Crippen molar-refractivity contribution >= 4 is 11.8 Å². The van der Waals surface area contributed by atoms with Gasteiger partial charge in [-0.1, -0.05) is 30.3 Å². The lowest BCUT2D eigenvalue weighted by atomic mass is 9.98. The number of amides is 2. The van der Waals surface area contributed by atoms with E-state index in [1.165, 1.54) is 5.56 Å². The second-order valence-corrected chi connectivity index (χ2v) is 7.22. The number of hydrogen-bond donors (Lipinski definition) is 0. The summed E-state index contributed by atoms with van der Waals surface area (Å²) in [6.45, 7) is 3.69. The van der Waals surface area contributed by atoms with E-state index in [0.717, 1.165) is 17.5 Å². The summed E-state index contributed by atoms with van der Waals surface area (Å²) < 4.78 is 10.8. The maximum absolute atomic E-state index is 12.8. The number of carbonyl (C=O) groups excluding carboxylic acids is 2. The monoisotopic (exact) mass is 396 g/mol. The Labute approximate surface area is 172 Å². The van der Waals surface area contributed by atoms with Gasteiger partial charge >= 0.3 is 0 Å². The van der Waals surface area contributed by atoms with E-state index in [-0.39, 0.29) is 11.8 Å². The molecule has 6 nitrogen and oxygen atoms in total. The van der Waals surface area contributed by atoms with E-state index in [9.17, 15) is 9.59 Å². The van der Waals surface area contributed by atoms with Crippen LogP contribution in [0.4, 0.5) is 0 Å². The predicted molar refractivity (Wildman–Crippen MR) is 111 cm³/mol. The largest absolute Gasteiger partial charge is 0.493 e. The number of carbonyl (C=O) groups is 2. The van der Waals surface area contributed by atoms with Gasteiger partial charge in [0.15, 0.2) is 11.5 Å². The molecule has 0 fully saturated rings. The summed E-state index contributed by atoms with van der Waals surface area (Å²) >= 11 is 0. The van der Waals surface area contributed by atoms with Gasteiger partial charge in [-0.3, -0.25) is 9.59 Å². The van der Waals surface area contributed by atoms with Gasteiger partial charge in [0.25, 0.3) is 0 Å². The minimum atomic E-state index is -0.0255. The summed E-state index contributed by atoms with van der Waals surface area (Å²) in [6.07, 6.45) is 1.09. The molecule has 3 rings (SSSR count). The second-order valence-electron chi connectivity index (χ2n) is 7.22. The van der Waals surface area contributed by atoms with Gasteiger partial charge < -0.3 is 19.3 Å². The molecule has 0 saturated heterocycles. The number of hydrogen-bond acceptors (Lipinski definition) is 4. The van der Waals surface area contributed by atoms with Gasteiger partial charge in [-0.25, -0.2) is 0 Å². The Kier molecular flexibility index (Phi) is 6.75. The highest BCUT2D eigenvalue weighted by Gasteiger charge is 2.23. The molecule has 6 heteroatoms. The lowest BCUT2D eigenvalue weighted by Gasteiger charge is -2.30. The number of benzene rings is 2. The van der Waals surface area contributed by atoms with Crippen LogP contribution in [0, 0.1) is 0 Å². The van der Waals surface area contributed by atoms with Crippen molar-refractivity contribution in [1.82, 2.24) is 9.80 Å². The minimum Gasteiger partial charge on any atom is -0.493 e. The lowest BCUT2D eigenvalue weighted by Crippen LogP contribution is -2.38. The average Bonchev–Trinajstić information content (AvgIpc) is 2.75. The molecule has 0 bridgehead atoms. The number of ether oxygens (including phenoxy) is 2. The molecule has 2 aromatic rings. The van der Waals surface area contributed by atoms with Crippen molar-refractivity contribution in [3.05, 3.63) is 59.2 Å². The number of rotatable bonds is 7. The second kappa shape index (κ2) is 9.45. The number of nitrogens with zero attached hydrogens (tertiary/aromatic N) is 2. The maximum atomic E-state index is 12.8. The molecular weight excluding hydrogens is 368 g/mol. The number of methoxy groups -OCH3 is 2. The SMILES string of the molecule is COc1cc2c(cc1OC)CN(C(=O)CCN(Cc1ccccc1)C(C)=O)CC2. The van der Waals surface area contributed by atoms with Gasteiger partial charge in [-0.15, -0.1) is 0 Å². The van der Waals surface area contributed by atoms with Crippen molar-refractivity contribution in [3.63, 3.8) is 0 Å². The van der Waals surface area contributed by atoms with Crippen LogP contribution in [-0.4, -0.2) is 48.9 Å². The number of fused-ring (bicyclic) bond motifs is 1. The Balaban J connectivity index is 1.61. The molecule has 1 heterocycles. The van der Waals surface area contributed by atoms with Crippen LogP contribution in [0.1, 0.15) is 30.0 Å². The zero-order chi connectivity index (χ0) is 20.8. The van der Waals surface area contributed by atoms with Crippen molar-refractivity contribution in [2.45, 2.75) is 32.9 Å². The summed E-state index contributed by atoms with van der Waals surface area (Å²) in [6, 6.07) is 13.8. The molecule has 2 amide bonds. The zero-order valence-corrected chi connectivity index (χ0v) is 17.3. The van der Waals surface area contributed by atoms with Crippen molar-refractivity contribution < 1.29 is 19.1 Å². The fraction of sp³-hybridized carbons (Fsp3) is 0.391. The predicted octanol–water partition coefficient (Wildman–Crippen LogP) is 3.03. The van der Waals surface area contributed by atoms with Gasteiger partial charge in [-0.2, -0.15) is 0 Å². The van der Waals surface area contributed by atoms with Gasteiger partial charge in [-0.05, 0) is 35.2 Å². The van der Waals surface area contributed by atoms with Gasteiger partial charge in [0.05, 0.1) is 14.2 Å². The average molecular weight is 396 g/mol. The first-order valence-electron chi connectivity index (χ1n) is 9.82. The van der Waals surface area contributed by atoms with E-state index in [1.54, 1.807) is 26.0 Å². The quantitative estimate of drug-likeness (QED) is 0.722. The topological polar surface area (TPSA) is 59.1 Å². The summed E-state index contributed by atoms with van der Waals surface area (Å²) in [4.78, 5) is 28.4. The van der Waals surface area contributed by atoms with Crippen LogP contribution in [0.15, 0.2) is 42.5 Å². The molecule has 0 aliphatic carbocycles. The molecule has 0 N–H and O–H groups in total. The first kappa shape index (κ1) is 20.7. The van der Waals surface area contributed by atoms with Crippen molar-refractivity contribution in [3.8, 4) is 11.5 Å². The van der Waals surface area contributed by atoms with Crippen LogP contribution < -0.4 is 9.47 Å². The van der Waals surface area contributed by atoms with Gasteiger partial charge in [0, 0.05) is 39.5 Å². The molecule has 1 aliphatic rings. The van der Waals surface area contributed by atoms with E-state index < -0.39 is 0 Å². The smallest absolute Gasteiger partial charge is 0.224 e. The molecule has 154 valence electrons. The highest BCUT2D eigenvalue weighted by Crippen LogP contribution is 2.33. The molecular formula is C23H28N2O4. The van der Waals surface area contributed by atoms with E-state index >= 15 is 0 Å². The molecule has 2 aromatic carbocycles. The third kappa shape index (κ3) is 5.08. The van der Waals surface area contributed by atoms with Crippen molar-refractivity contribution in [2.75, 3.05) is 27.3 Å². The van der Waals surface area contributed by atoms with Crippen LogP contribution >= 0.6 is 0 Å². The third-order valence-corrected chi connectivity index (χ3v) is 5.33. The minimum absolute atomic E-state index is 0.0255. The molecule has 0 radical (unpaired) electrons. The molecule has 0 unspecified atom stereocenters. The highest BCUT2D eigenvalue weighted by atomic mass is 16.5. The van der Waals surface area contributed by atoms with E-state index in [0.29, 0.717) is 44.1 Å². The van der Waals surface area contributed by atoms with Crippen LogP contribution in [0.25, 0.3) is 0 Å². The molecule has 29 heavy (non-hydrogen) atoms. The van der Waals surface area contributed by atoms with Gasteiger partial charge in [0.2, 0.25) is 11.8 Å². The standard InChI is InChI=1S/C23H28N2O4/c1-17(26)24(15-18-7-5-4-6-8-18)12-10-23(27)25-11-9-19-13-21(28-2)22(29-3)14-20(19)16-25/h4-8,13-14H,9-12,15-16H2,1-3H3. The summed E-state index contributed by atoms with van der Waals surface area (Å²) in [5.41, 5.74) is 3.32. The van der Waals surface area contributed by atoms with E-state index in [2.05, 4.69) is 0 Å². The fourth-order valence-corrected chi connectivity index (χ4v) is 3.64. The Morgan fingerprint density at radius 2 is 1.69 bits per heavy atom. The van der Waals surface area contributed by atoms with E-state index in [1.807, 2.05) is 47.4 Å². The van der Waals surface area contributed by atoms with Crippen molar-refractivity contribution in [2.24, 2.45) is 0 Å². The Bertz CT molecular complexity index is 867. The van der Waals surface area contributed by atoms with Crippen LogP contribution in [0.3, 0.4) is 0 Å². The summed E-state index contributed by atoms with van der Waals surface area (Å²) in [5, 5.41) is 0. The van der Waals surface area contributed by atoms with Crippen LogP contribution in [-0.2, 0) is 29.1 Å². The highest BCUT2D eigenvalue weighted by molar-refractivity contribution is 5.78. The Morgan fingerprint density at radius 1 is 1.03 bits per heavy atom. The molecule has 0 saturated carbocycles. The molecule has 0 atom stereocenters. The zero-order valence-electron chi connectivity index (χ0n) is 17.3. The molecule has 1 aliphatic heterocycles. The summed E-state index contributed by atoms with van der Waals surface area (Å²) in [5.74, 6) is 1.42. The fourth-order valence-electron chi connectivity index (χ4n) is 3.64. The Morgan fingerprint density at radius 3 is 2.31 bits per heavy atom. The lowest BCUT2D eigenvalue weighted by molar-refractivity contribution is -0.134. The van der Waals surface area contributed by atoms with Gasteiger partial charge in [0.1, 0.15) is 0 Å². The first-order valence-corrected chi connectivity index (χ1v) is 9.82. The Hall–Kier alpha value is -3.02. The van der Waals surface area contributed by atoms with Crippen LogP contribution in [0.2, 0.25) is 0 Å². The van der Waals surface area contributed by atoms with Crippen LogP contribution in [0.5, 0.6) is 11.5 Å². The normalized spacial score (nSPS) is 12.9.